The Morgan fingerprint density at radius 1 is 1.33 bits per heavy atom. The zero-order valence-electron chi connectivity index (χ0n) is 9.59. The van der Waals surface area contributed by atoms with Crippen molar-refractivity contribution in [3.63, 3.8) is 0 Å². The Kier molecular flexibility index (Phi) is 2.75. The molecule has 0 aliphatic heterocycles. The predicted molar refractivity (Wildman–Crippen MR) is 61.2 cm³/mol. The van der Waals surface area contributed by atoms with Gasteiger partial charge in [0.15, 0.2) is 5.78 Å². The summed E-state index contributed by atoms with van der Waals surface area (Å²) in [5.41, 5.74) is 6.92. The predicted octanol–water partition coefficient (Wildman–Crippen LogP) is 2.47. The Morgan fingerprint density at radius 3 is 2.27 bits per heavy atom. The number of ketones is 1. The van der Waals surface area contributed by atoms with E-state index in [1.54, 1.807) is 6.07 Å². The van der Waals surface area contributed by atoms with Crippen molar-refractivity contribution in [2.75, 3.05) is 5.73 Å². The molecule has 0 aliphatic rings. The van der Waals surface area contributed by atoms with Gasteiger partial charge in [-0.05, 0) is 24.5 Å². The monoisotopic (exact) mass is 207 g/mol. The number of carbonyl (C=O) groups excluding carboxylic acids is 1. The first-order chi connectivity index (χ1) is 6.73. The first-order valence-electron chi connectivity index (χ1n) is 4.87. The number of aromatic hydroxyl groups is 1. The highest BCUT2D eigenvalue weighted by Gasteiger charge is 2.21. The summed E-state index contributed by atoms with van der Waals surface area (Å²) in [6.07, 6.45) is 0. The number of nitrogen functional groups attached to an aromatic ring is 1. The fourth-order valence-corrected chi connectivity index (χ4v) is 1.43. The molecule has 0 radical (unpaired) electrons. The van der Waals surface area contributed by atoms with Crippen LogP contribution in [0.25, 0.3) is 0 Å². The molecular formula is C12H17NO2. The van der Waals surface area contributed by atoms with Crippen molar-refractivity contribution in [1.82, 2.24) is 0 Å². The van der Waals surface area contributed by atoms with E-state index in [9.17, 15) is 9.90 Å². The summed E-state index contributed by atoms with van der Waals surface area (Å²) >= 11 is 0. The molecule has 0 spiro atoms. The van der Waals surface area contributed by atoms with Crippen LogP contribution in [-0.2, 0) is 5.41 Å². The quantitative estimate of drug-likeness (QED) is 0.422. The molecule has 0 atom stereocenters. The summed E-state index contributed by atoms with van der Waals surface area (Å²) < 4.78 is 0. The van der Waals surface area contributed by atoms with Gasteiger partial charge in [-0.25, -0.2) is 0 Å². The van der Waals surface area contributed by atoms with Crippen LogP contribution >= 0.6 is 0 Å². The molecular weight excluding hydrogens is 190 g/mol. The minimum Gasteiger partial charge on any atom is -0.505 e. The smallest absolute Gasteiger partial charge is 0.159 e. The Bertz CT molecular complexity index is 403. The fourth-order valence-electron chi connectivity index (χ4n) is 1.43. The van der Waals surface area contributed by atoms with E-state index in [1.165, 1.54) is 13.0 Å². The van der Waals surface area contributed by atoms with E-state index in [4.69, 9.17) is 5.73 Å². The molecule has 82 valence electrons. The lowest BCUT2D eigenvalue weighted by Gasteiger charge is -2.22. The van der Waals surface area contributed by atoms with Crippen LogP contribution in [0, 0.1) is 0 Å². The lowest BCUT2D eigenvalue weighted by molar-refractivity contribution is 0.101. The topological polar surface area (TPSA) is 63.3 Å². The van der Waals surface area contributed by atoms with E-state index in [2.05, 4.69) is 0 Å². The lowest BCUT2D eigenvalue weighted by atomic mass is 9.84. The third-order valence-electron chi connectivity index (χ3n) is 2.35. The van der Waals surface area contributed by atoms with Gasteiger partial charge in [0.1, 0.15) is 5.75 Å². The first-order valence-corrected chi connectivity index (χ1v) is 4.87. The van der Waals surface area contributed by atoms with E-state index in [1.807, 2.05) is 20.8 Å². The SMILES string of the molecule is CC(=O)c1cc(N)c(O)c(C(C)(C)C)c1. The zero-order valence-corrected chi connectivity index (χ0v) is 9.59. The minimum atomic E-state index is -0.232. The summed E-state index contributed by atoms with van der Waals surface area (Å²) in [6.45, 7) is 7.38. The van der Waals surface area contributed by atoms with Crippen LogP contribution in [0.4, 0.5) is 5.69 Å². The fraction of sp³-hybridized carbons (Fsp3) is 0.417. The van der Waals surface area contributed by atoms with Gasteiger partial charge < -0.3 is 10.8 Å². The van der Waals surface area contributed by atoms with Crippen molar-refractivity contribution in [1.29, 1.82) is 0 Å². The molecule has 0 bridgehead atoms. The van der Waals surface area contributed by atoms with Crippen LogP contribution in [0.3, 0.4) is 0 Å². The standard InChI is InChI=1S/C12H17NO2/c1-7(14)8-5-9(12(2,3)4)11(15)10(13)6-8/h5-6,15H,13H2,1-4H3. The van der Waals surface area contributed by atoms with Gasteiger partial charge in [0, 0.05) is 11.1 Å². The molecule has 0 saturated heterocycles. The van der Waals surface area contributed by atoms with Gasteiger partial charge in [0.25, 0.3) is 0 Å². The summed E-state index contributed by atoms with van der Waals surface area (Å²) in [6, 6.07) is 3.21. The highest BCUT2D eigenvalue weighted by Crippen LogP contribution is 2.35. The van der Waals surface area contributed by atoms with E-state index in [-0.39, 0.29) is 22.6 Å². The number of carbonyl (C=O) groups is 1. The van der Waals surface area contributed by atoms with Crippen molar-refractivity contribution >= 4 is 11.5 Å². The molecule has 0 fully saturated rings. The van der Waals surface area contributed by atoms with Crippen molar-refractivity contribution in [2.24, 2.45) is 0 Å². The molecule has 0 unspecified atom stereocenters. The molecule has 0 heterocycles. The van der Waals surface area contributed by atoms with E-state index < -0.39 is 0 Å². The summed E-state index contributed by atoms with van der Waals surface area (Å²) in [5.74, 6) is 0.0275. The summed E-state index contributed by atoms with van der Waals surface area (Å²) in [5, 5.41) is 9.80. The highest BCUT2D eigenvalue weighted by molar-refractivity contribution is 5.95. The lowest BCUT2D eigenvalue weighted by Crippen LogP contribution is -2.13. The van der Waals surface area contributed by atoms with Crippen LogP contribution in [-0.4, -0.2) is 10.9 Å². The molecule has 1 aromatic rings. The van der Waals surface area contributed by atoms with Gasteiger partial charge >= 0.3 is 0 Å². The van der Waals surface area contributed by atoms with Crippen molar-refractivity contribution in [2.45, 2.75) is 33.1 Å². The maximum absolute atomic E-state index is 11.3. The number of phenolic OH excluding ortho intramolecular Hbond substituents is 1. The van der Waals surface area contributed by atoms with Crippen molar-refractivity contribution in [3.8, 4) is 5.75 Å². The van der Waals surface area contributed by atoms with Crippen LogP contribution in [0.15, 0.2) is 12.1 Å². The zero-order chi connectivity index (χ0) is 11.8. The van der Waals surface area contributed by atoms with Gasteiger partial charge in [0.2, 0.25) is 0 Å². The second kappa shape index (κ2) is 3.57. The normalized spacial score (nSPS) is 11.5. The summed E-state index contributed by atoms with van der Waals surface area (Å²) in [7, 11) is 0. The highest BCUT2D eigenvalue weighted by atomic mass is 16.3. The van der Waals surface area contributed by atoms with Crippen LogP contribution < -0.4 is 5.73 Å². The number of benzene rings is 1. The molecule has 1 rings (SSSR count). The Morgan fingerprint density at radius 2 is 1.87 bits per heavy atom. The van der Waals surface area contributed by atoms with Gasteiger partial charge in [-0.3, -0.25) is 4.79 Å². The van der Waals surface area contributed by atoms with E-state index >= 15 is 0 Å². The number of hydrogen-bond donors (Lipinski definition) is 2. The Labute approximate surface area is 89.9 Å². The van der Waals surface area contributed by atoms with Gasteiger partial charge in [-0.15, -0.1) is 0 Å². The molecule has 3 N–H and O–H groups in total. The second-order valence-electron chi connectivity index (χ2n) is 4.77. The average molecular weight is 207 g/mol. The number of rotatable bonds is 1. The minimum absolute atomic E-state index is 0.0489. The number of Topliss-reactive ketones (excluding diaryl/α,β-unsaturated/α-hetero) is 1. The Hall–Kier alpha value is -1.51. The number of anilines is 1. The summed E-state index contributed by atoms with van der Waals surface area (Å²) in [4.78, 5) is 11.3. The van der Waals surface area contributed by atoms with Gasteiger partial charge in [-0.2, -0.15) is 0 Å². The molecule has 0 aliphatic carbocycles. The second-order valence-corrected chi connectivity index (χ2v) is 4.77. The van der Waals surface area contributed by atoms with Crippen LogP contribution in [0.5, 0.6) is 5.75 Å². The molecule has 0 saturated carbocycles. The number of hydrogen-bond acceptors (Lipinski definition) is 3. The van der Waals surface area contributed by atoms with E-state index in [0.717, 1.165) is 0 Å². The van der Waals surface area contributed by atoms with Gasteiger partial charge in [-0.1, -0.05) is 20.8 Å². The maximum Gasteiger partial charge on any atom is 0.159 e. The molecule has 15 heavy (non-hydrogen) atoms. The maximum atomic E-state index is 11.3. The first kappa shape index (κ1) is 11.6. The largest absolute Gasteiger partial charge is 0.505 e. The third-order valence-corrected chi connectivity index (χ3v) is 2.35. The molecule has 3 nitrogen and oxygen atoms in total. The average Bonchev–Trinajstić information content (AvgIpc) is 2.06. The van der Waals surface area contributed by atoms with E-state index in [0.29, 0.717) is 11.1 Å². The number of phenols is 1. The third kappa shape index (κ3) is 2.29. The molecule has 1 aromatic carbocycles. The molecule has 3 heteroatoms. The van der Waals surface area contributed by atoms with Crippen LogP contribution in [0.2, 0.25) is 0 Å². The van der Waals surface area contributed by atoms with Gasteiger partial charge in [0.05, 0.1) is 5.69 Å². The number of nitrogens with two attached hydrogens (primary N) is 1. The Balaban J connectivity index is 3.45. The van der Waals surface area contributed by atoms with Crippen LogP contribution in [0.1, 0.15) is 43.6 Å². The molecule has 0 amide bonds. The van der Waals surface area contributed by atoms with Crippen molar-refractivity contribution < 1.29 is 9.90 Å². The van der Waals surface area contributed by atoms with Crippen molar-refractivity contribution in [3.05, 3.63) is 23.3 Å². The molecule has 0 aromatic heterocycles.